The number of carboxylic acids is 1. The maximum Gasteiger partial charge on any atom is 0.407 e. The Morgan fingerprint density at radius 1 is 0.679 bits per heavy atom. The average Bonchev–Trinajstić information content (AvgIpc) is 4.20. The number of ether oxygens (including phenoxy) is 1. The highest BCUT2D eigenvalue weighted by Crippen LogP contribution is 2.44. The predicted molar refractivity (Wildman–Crippen MR) is 294 cm³/mol. The third kappa shape index (κ3) is 14.2. The van der Waals surface area contributed by atoms with Crippen molar-refractivity contribution in [3.05, 3.63) is 132 Å². The van der Waals surface area contributed by atoms with Crippen molar-refractivity contribution >= 4 is 58.5 Å². The Balaban J connectivity index is 0.955. The minimum atomic E-state index is -1.33. The van der Waals surface area contributed by atoms with Crippen LogP contribution in [0.25, 0.3) is 22.0 Å². The number of para-hydroxylation sites is 1. The van der Waals surface area contributed by atoms with E-state index in [1.165, 1.54) is 4.90 Å². The Morgan fingerprint density at radius 3 is 1.97 bits per heavy atom. The standard InChI is InChI=1S/C58H71N11O9/c59-32-49(67-52(71)47(30-36-17-5-2-6-18-36)68-58(77)78-34-43-41-22-9-7-20-39(41)40-21-8-10-23-42(40)43)55(74)69-28-14-26-50(69)54(73)66-46(29-35-15-3-1-4-16-35)51(70)65-48(31-37-33-63-44-24-12-11-19-38(37)44)53(72)64-45(56(75)76)25-13-27-62-57(60)61/h2,5-12,17-24,33,35,43,45-50,63H,1,3-4,13-16,25-32,34,59H2,(H,64,72)(H,65,70)(H,66,73)(H,67,71)(H,68,77)(H,75,76)(H4,60,61,62)/t45-,46-,47+,48+,49+,50+/m1/s1. The smallest absolute Gasteiger partial charge is 0.407 e. The highest BCUT2D eigenvalue weighted by atomic mass is 16.5. The lowest BCUT2D eigenvalue weighted by Crippen LogP contribution is -2.60. The minimum Gasteiger partial charge on any atom is -0.480 e. The van der Waals surface area contributed by atoms with Crippen LogP contribution in [0.1, 0.15) is 92.4 Å². The number of H-pyrrole nitrogens is 1. The van der Waals surface area contributed by atoms with Crippen molar-refractivity contribution in [3.8, 4) is 11.1 Å². The van der Waals surface area contributed by atoms with Crippen molar-refractivity contribution in [1.29, 1.82) is 0 Å². The summed E-state index contributed by atoms with van der Waals surface area (Å²) in [5, 5.41) is 24.8. The quantitative estimate of drug-likeness (QED) is 0.0239. The predicted octanol–water partition coefficient (Wildman–Crippen LogP) is 3.86. The molecular formula is C58H71N11O9. The molecule has 1 saturated heterocycles. The number of likely N-dealkylation sites (tertiary alicyclic amines) is 1. The Hall–Kier alpha value is -8.26. The molecule has 3 aliphatic rings. The summed E-state index contributed by atoms with van der Waals surface area (Å²) in [5.41, 5.74) is 23.5. The number of fused-ring (bicyclic) bond motifs is 4. The highest BCUT2D eigenvalue weighted by molar-refractivity contribution is 5.97. The molecule has 1 aliphatic heterocycles. The van der Waals surface area contributed by atoms with Crippen LogP contribution in [0.5, 0.6) is 0 Å². The first kappa shape index (κ1) is 56.0. The Kier molecular flexibility index (Phi) is 19.1. The van der Waals surface area contributed by atoms with Gasteiger partial charge in [-0.25, -0.2) is 9.59 Å². The molecule has 13 N–H and O–H groups in total. The van der Waals surface area contributed by atoms with Crippen LogP contribution in [0.4, 0.5) is 4.79 Å². The topological polar surface area (TPSA) is 319 Å². The number of rotatable bonds is 24. The van der Waals surface area contributed by atoms with Gasteiger partial charge in [0.15, 0.2) is 5.96 Å². The van der Waals surface area contributed by atoms with Crippen LogP contribution in [0.3, 0.4) is 0 Å². The maximum absolute atomic E-state index is 14.7. The first-order valence-corrected chi connectivity index (χ1v) is 27.0. The van der Waals surface area contributed by atoms with Gasteiger partial charge in [-0.15, -0.1) is 0 Å². The zero-order valence-corrected chi connectivity index (χ0v) is 43.7. The molecule has 2 aliphatic carbocycles. The number of hydrogen-bond acceptors (Lipinski definition) is 10. The van der Waals surface area contributed by atoms with Gasteiger partial charge in [-0.05, 0) is 77.5 Å². The average molecular weight is 1070 g/mol. The van der Waals surface area contributed by atoms with Crippen molar-refractivity contribution in [2.24, 2.45) is 28.1 Å². The molecule has 1 aromatic heterocycles. The summed E-state index contributed by atoms with van der Waals surface area (Å²) in [7, 11) is 0. The normalized spacial score (nSPS) is 17.0. The van der Waals surface area contributed by atoms with Crippen molar-refractivity contribution in [3.63, 3.8) is 0 Å². The van der Waals surface area contributed by atoms with Gasteiger partial charge in [0.1, 0.15) is 42.9 Å². The number of aliphatic imine (C=N–C) groups is 1. The Morgan fingerprint density at radius 2 is 1.29 bits per heavy atom. The van der Waals surface area contributed by atoms with Crippen molar-refractivity contribution in [1.82, 2.24) is 36.5 Å². The summed E-state index contributed by atoms with van der Waals surface area (Å²) in [6.45, 7) is -0.00536. The molecule has 2 fully saturated rings. The molecule has 2 heterocycles. The van der Waals surface area contributed by atoms with E-state index in [1.807, 2.05) is 103 Å². The monoisotopic (exact) mass is 1070 g/mol. The second-order valence-electron chi connectivity index (χ2n) is 20.5. The number of benzene rings is 4. The molecule has 5 aromatic rings. The number of carbonyl (C=O) groups excluding carboxylic acids is 6. The zero-order chi connectivity index (χ0) is 55.1. The van der Waals surface area contributed by atoms with Gasteiger partial charge in [-0.3, -0.25) is 29.0 Å². The fourth-order valence-electron chi connectivity index (χ4n) is 11.1. The zero-order valence-electron chi connectivity index (χ0n) is 43.7. The van der Waals surface area contributed by atoms with Crippen LogP contribution in [0.15, 0.2) is 114 Å². The van der Waals surface area contributed by atoms with Crippen molar-refractivity contribution in [2.75, 3.05) is 26.2 Å². The van der Waals surface area contributed by atoms with Gasteiger partial charge in [-0.1, -0.05) is 129 Å². The lowest BCUT2D eigenvalue weighted by atomic mass is 9.84. The minimum absolute atomic E-state index is 0.00369. The fourth-order valence-corrected chi connectivity index (χ4v) is 11.1. The molecule has 20 nitrogen and oxygen atoms in total. The number of amides is 6. The second-order valence-corrected chi connectivity index (χ2v) is 20.5. The SMILES string of the molecule is NC[C@H](NC(=O)[C@H](Cc1ccccc1)NC(=O)OCC1c2ccccc2-c2ccccc21)C(=O)N1CCC[C@H]1C(=O)N[C@H](CC1CCCCC1)C(=O)N[C@@H](Cc1c[nH]c2ccccc12)C(=O)N[C@H](CCCN=C(N)N)C(=O)O. The number of alkyl carbamates (subject to hydrolysis) is 1. The van der Waals surface area contributed by atoms with Crippen LogP contribution in [-0.4, -0.2) is 125 Å². The third-order valence-corrected chi connectivity index (χ3v) is 15.1. The van der Waals surface area contributed by atoms with E-state index < -0.39 is 77.8 Å². The number of carbonyl (C=O) groups is 7. The first-order chi connectivity index (χ1) is 37.8. The van der Waals surface area contributed by atoms with Crippen LogP contribution in [-0.2, 0) is 46.3 Å². The summed E-state index contributed by atoms with van der Waals surface area (Å²) in [5.74, 6) is -4.86. The molecule has 412 valence electrons. The number of nitrogens with zero attached hydrogens (tertiary/aromatic N) is 2. The van der Waals surface area contributed by atoms with E-state index in [4.69, 9.17) is 21.9 Å². The van der Waals surface area contributed by atoms with Crippen LogP contribution < -0.4 is 43.8 Å². The van der Waals surface area contributed by atoms with E-state index in [0.29, 0.717) is 12.0 Å². The van der Waals surface area contributed by atoms with E-state index >= 15 is 0 Å². The number of nitrogens with two attached hydrogens (primary N) is 3. The largest absolute Gasteiger partial charge is 0.480 e. The molecule has 0 bridgehead atoms. The molecule has 6 amide bonds. The first-order valence-electron chi connectivity index (χ1n) is 27.0. The summed E-state index contributed by atoms with van der Waals surface area (Å²) in [6.07, 6.45) is 6.75. The Labute approximate surface area is 453 Å². The number of hydrogen-bond donors (Lipinski definition) is 10. The van der Waals surface area contributed by atoms with Gasteiger partial charge in [0.05, 0.1) is 0 Å². The maximum atomic E-state index is 14.7. The van der Waals surface area contributed by atoms with Crippen molar-refractivity contribution < 1.29 is 43.4 Å². The van der Waals surface area contributed by atoms with Gasteiger partial charge in [-0.2, -0.15) is 0 Å². The van der Waals surface area contributed by atoms with E-state index in [2.05, 4.69) is 36.6 Å². The molecule has 8 rings (SSSR count). The van der Waals surface area contributed by atoms with Gasteiger partial charge in [0.2, 0.25) is 29.5 Å². The number of nitrogens with one attached hydrogen (secondary N) is 6. The van der Waals surface area contributed by atoms with Crippen LogP contribution in [0.2, 0.25) is 0 Å². The van der Waals surface area contributed by atoms with Crippen LogP contribution in [0, 0.1) is 5.92 Å². The lowest BCUT2D eigenvalue weighted by Gasteiger charge is -2.32. The molecule has 0 unspecified atom stereocenters. The van der Waals surface area contributed by atoms with Crippen LogP contribution >= 0.6 is 0 Å². The van der Waals surface area contributed by atoms with Gasteiger partial charge < -0.3 is 63.5 Å². The summed E-state index contributed by atoms with van der Waals surface area (Å²) >= 11 is 0. The van der Waals surface area contributed by atoms with E-state index in [0.717, 1.165) is 70.8 Å². The molecule has 78 heavy (non-hydrogen) atoms. The number of aromatic nitrogens is 1. The lowest BCUT2D eigenvalue weighted by molar-refractivity contribution is -0.143. The van der Waals surface area contributed by atoms with E-state index in [-0.39, 0.29) is 82.6 Å². The number of guanidine groups is 1. The highest BCUT2D eigenvalue weighted by Gasteiger charge is 2.41. The third-order valence-electron chi connectivity index (χ3n) is 15.1. The van der Waals surface area contributed by atoms with Gasteiger partial charge in [0, 0.05) is 55.5 Å². The fraction of sp³-hybridized carbons (Fsp3) is 0.414. The molecule has 0 radical (unpaired) electrons. The summed E-state index contributed by atoms with van der Waals surface area (Å²) in [4.78, 5) is 107. The van der Waals surface area contributed by atoms with Gasteiger partial charge >= 0.3 is 12.1 Å². The molecular weight excluding hydrogens is 995 g/mol. The van der Waals surface area contributed by atoms with Gasteiger partial charge in [0.25, 0.3) is 0 Å². The second kappa shape index (κ2) is 26.7. The molecule has 0 spiro atoms. The number of carboxylic acid groups (broad SMARTS) is 1. The van der Waals surface area contributed by atoms with E-state index in [1.54, 1.807) is 6.20 Å². The Bertz CT molecular complexity index is 2910. The molecule has 20 heteroatoms. The summed E-state index contributed by atoms with van der Waals surface area (Å²) < 4.78 is 5.82. The number of aliphatic carboxylic acids is 1. The molecule has 1 saturated carbocycles. The summed E-state index contributed by atoms with van der Waals surface area (Å²) in [6, 6.07) is 25.2. The molecule has 4 aromatic carbocycles. The number of aromatic amines is 1. The van der Waals surface area contributed by atoms with Crippen molar-refractivity contribution in [2.45, 2.75) is 119 Å². The molecule has 6 atom stereocenters. The van der Waals surface area contributed by atoms with E-state index in [9.17, 15) is 38.7 Å².